The van der Waals surface area contributed by atoms with E-state index >= 15 is 0 Å². The first-order valence-electron chi connectivity index (χ1n) is 8.39. The van der Waals surface area contributed by atoms with Gasteiger partial charge in [-0.05, 0) is 24.1 Å². The summed E-state index contributed by atoms with van der Waals surface area (Å²) in [5.41, 5.74) is 0.768. The maximum atomic E-state index is 12.4. The van der Waals surface area contributed by atoms with Gasteiger partial charge in [0.25, 0.3) is 0 Å². The predicted octanol–water partition coefficient (Wildman–Crippen LogP) is 2.56. The number of aromatic nitrogens is 2. The Balaban J connectivity index is 2.44. The van der Waals surface area contributed by atoms with Gasteiger partial charge in [-0.25, -0.2) is 9.78 Å². The first kappa shape index (κ1) is 21.8. The summed E-state index contributed by atoms with van der Waals surface area (Å²) in [7, 11) is 4.83. The minimum Gasteiger partial charge on any atom is -0.459 e. The number of carbonyl (C=O) groups is 1. The quantitative estimate of drug-likeness (QED) is 0.313. The molecular weight excluding hydrogens is 394 g/mol. The number of halogens is 1. The number of aryl methyl sites for hydroxylation is 1. The molecular formula is C17H24ClN3O5S. The van der Waals surface area contributed by atoms with Crippen molar-refractivity contribution in [3.63, 3.8) is 0 Å². The van der Waals surface area contributed by atoms with E-state index < -0.39 is 5.97 Å². The lowest BCUT2D eigenvalue weighted by molar-refractivity contribution is 0.0393. The van der Waals surface area contributed by atoms with Crippen molar-refractivity contribution in [2.24, 2.45) is 0 Å². The van der Waals surface area contributed by atoms with Crippen LogP contribution in [0.3, 0.4) is 0 Å². The summed E-state index contributed by atoms with van der Waals surface area (Å²) < 4.78 is 20.6. The number of esters is 1. The van der Waals surface area contributed by atoms with Gasteiger partial charge in [-0.2, -0.15) is 4.98 Å². The van der Waals surface area contributed by atoms with E-state index in [1.807, 2.05) is 11.8 Å². The first-order valence-corrected chi connectivity index (χ1v) is 9.58. The van der Waals surface area contributed by atoms with Crippen LogP contribution in [-0.2, 0) is 18.9 Å². The van der Waals surface area contributed by atoms with Crippen molar-refractivity contribution in [1.82, 2.24) is 9.97 Å². The highest BCUT2D eigenvalue weighted by atomic mass is 35.5. The number of anilines is 1. The summed E-state index contributed by atoms with van der Waals surface area (Å²) >= 11 is 7.39. The van der Waals surface area contributed by atoms with E-state index in [1.165, 1.54) is 11.3 Å². The van der Waals surface area contributed by atoms with Crippen LogP contribution in [0.2, 0.25) is 5.28 Å². The van der Waals surface area contributed by atoms with Crippen LogP contribution >= 0.6 is 22.9 Å². The second-order valence-electron chi connectivity index (χ2n) is 5.65. The molecule has 150 valence electrons. The van der Waals surface area contributed by atoms with E-state index in [9.17, 15) is 4.79 Å². The molecule has 27 heavy (non-hydrogen) atoms. The highest BCUT2D eigenvalue weighted by Gasteiger charge is 2.23. The van der Waals surface area contributed by atoms with Crippen LogP contribution in [0.4, 0.5) is 5.82 Å². The Morgan fingerprint density at radius 1 is 1.04 bits per heavy atom. The van der Waals surface area contributed by atoms with E-state index in [0.717, 1.165) is 10.9 Å². The van der Waals surface area contributed by atoms with Gasteiger partial charge in [-0.1, -0.05) is 0 Å². The lowest BCUT2D eigenvalue weighted by Crippen LogP contribution is -2.31. The lowest BCUT2D eigenvalue weighted by atomic mass is 10.2. The highest BCUT2D eigenvalue weighted by Crippen LogP contribution is 2.36. The number of nitrogens with zero attached hydrogens (tertiary/aromatic N) is 3. The maximum absolute atomic E-state index is 12.4. The van der Waals surface area contributed by atoms with Crippen molar-refractivity contribution in [3.05, 3.63) is 15.7 Å². The van der Waals surface area contributed by atoms with Crippen molar-refractivity contribution in [1.29, 1.82) is 0 Å². The number of hydrogen-bond acceptors (Lipinski definition) is 9. The maximum Gasteiger partial charge on any atom is 0.348 e. The van der Waals surface area contributed by atoms with Crippen molar-refractivity contribution in [2.75, 3.05) is 65.7 Å². The smallest absolute Gasteiger partial charge is 0.348 e. The Kier molecular flexibility index (Phi) is 8.65. The number of fused-ring (bicyclic) bond motifs is 1. The van der Waals surface area contributed by atoms with Crippen LogP contribution in [0.25, 0.3) is 10.2 Å². The third kappa shape index (κ3) is 5.49. The van der Waals surface area contributed by atoms with E-state index in [1.54, 1.807) is 21.3 Å². The van der Waals surface area contributed by atoms with Crippen molar-refractivity contribution in [3.8, 4) is 0 Å². The molecule has 2 rings (SSSR count). The summed E-state index contributed by atoms with van der Waals surface area (Å²) in [6.07, 6.45) is 0. The number of carbonyl (C=O) groups excluding carboxylic acids is 1. The molecule has 0 saturated carbocycles. The van der Waals surface area contributed by atoms with Gasteiger partial charge in [0.15, 0.2) is 0 Å². The van der Waals surface area contributed by atoms with Crippen LogP contribution < -0.4 is 4.90 Å². The Morgan fingerprint density at radius 2 is 1.67 bits per heavy atom. The first-order chi connectivity index (χ1) is 13.0. The second kappa shape index (κ2) is 10.7. The lowest BCUT2D eigenvalue weighted by Gasteiger charge is -2.24. The molecule has 8 nitrogen and oxygen atoms in total. The average Bonchev–Trinajstić information content (AvgIpc) is 2.98. The molecule has 0 aromatic carbocycles. The van der Waals surface area contributed by atoms with Gasteiger partial charge < -0.3 is 23.8 Å². The molecule has 10 heteroatoms. The molecule has 0 radical (unpaired) electrons. The third-order valence-corrected chi connectivity index (χ3v) is 5.21. The fourth-order valence-electron chi connectivity index (χ4n) is 2.53. The number of hydrogen-bond donors (Lipinski definition) is 0. The zero-order chi connectivity index (χ0) is 19.8. The van der Waals surface area contributed by atoms with Crippen molar-refractivity contribution < 1.29 is 23.7 Å². The minimum absolute atomic E-state index is 0.123. The molecule has 0 aliphatic carbocycles. The average molecular weight is 418 g/mol. The van der Waals surface area contributed by atoms with Crippen LogP contribution in [0.1, 0.15) is 15.2 Å². The molecule has 0 N–H and O–H groups in total. The second-order valence-corrected chi connectivity index (χ2v) is 6.99. The van der Waals surface area contributed by atoms with Gasteiger partial charge in [-0.15, -0.1) is 11.3 Å². The summed E-state index contributed by atoms with van der Waals surface area (Å²) in [6.45, 7) is 4.63. The number of rotatable bonds is 11. The Labute approximate surface area is 167 Å². The standard InChI is InChI=1S/C17H24ClN3O5S/c1-11-12-14(21(5-7-23-2)6-8-24-3)19-17(18)20-15(12)27-13(11)16(22)26-10-9-25-4/h5-10H2,1-4H3. The minimum atomic E-state index is -0.407. The number of thiophene rings is 1. The SMILES string of the molecule is COCCOC(=O)c1sc2nc(Cl)nc(N(CCOC)CCOC)c2c1C. The molecule has 0 aliphatic heterocycles. The van der Waals surface area contributed by atoms with E-state index in [-0.39, 0.29) is 11.9 Å². The van der Waals surface area contributed by atoms with Gasteiger partial charge >= 0.3 is 5.97 Å². The largest absolute Gasteiger partial charge is 0.459 e. The predicted molar refractivity (Wildman–Crippen MR) is 105 cm³/mol. The van der Waals surface area contributed by atoms with Gasteiger partial charge in [0.2, 0.25) is 5.28 Å². The van der Waals surface area contributed by atoms with E-state index in [0.29, 0.717) is 48.4 Å². The highest BCUT2D eigenvalue weighted by molar-refractivity contribution is 7.20. The summed E-state index contributed by atoms with van der Waals surface area (Å²) in [5.74, 6) is 0.249. The molecule has 0 amide bonds. The summed E-state index contributed by atoms with van der Waals surface area (Å²) in [6, 6.07) is 0. The normalized spacial score (nSPS) is 11.1. The van der Waals surface area contributed by atoms with Crippen LogP contribution in [0, 0.1) is 6.92 Å². The molecule has 0 spiro atoms. The molecule has 2 heterocycles. The molecule has 2 aromatic heterocycles. The van der Waals surface area contributed by atoms with Gasteiger partial charge in [0, 0.05) is 34.4 Å². The summed E-state index contributed by atoms with van der Waals surface area (Å²) in [4.78, 5) is 24.3. The van der Waals surface area contributed by atoms with E-state index in [4.69, 9.17) is 30.5 Å². The molecule has 0 bridgehead atoms. The van der Waals surface area contributed by atoms with Crippen LogP contribution in [0.15, 0.2) is 0 Å². The molecule has 0 atom stereocenters. The third-order valence-electron chi connectivity index (χ3n) is 3.88. The fraction of sp³-hybridized carbons (Fsp3) is 0.588. The van der Waals surface area contributed by atoms with Gasteiger partial charge in [-0.3, -0.25) is 0 Å². The Morgan fingerprint density at radius 3 is 2.26 bits per heavy atom. The van der Waals surface area contributed by atoms with Gasteiger partial charge in [0.05, 0.1) is 25.2 Å². The molecule has 0 aliphatic rings. The van der Waals surface area contributed by atoms with Gasteiger partial charge in [0.1, 0.15) is 22.1 Å². The Bertz CT molecular complexity index is 763. The van der Waals surface area contributed by atoms with E-state index in [2.05, 4.69) is 9.97 Å². The summed E-state index contributed by atoms with van der Waals surface area (Å²) in [5, 5.41) is 0.910. The molecule has 0 fully saturated rings. The number of ether oxygens (including phenoxy) is 4. The van der Waals surface area contributed by atoms with Crippen LogP contribution in [0.5, 0.6) is 0 Å². The Hall–Kier alpha value is -1.52. The molecule has 2 aromatic rings. The topological polar surface area (TPSA) is 83.0 Å². The zero-order valence-corrected chi connectivity index (χ0v) is 17.5. The van der Waals surface area contributed by atoms with Crippen molar-refractivity contribution in [2.45, 2.75) is 6.92 Å². The molecule has 0 unspecified atom stereocenters. The zero-order valence-electron chi connectivity index (χ0n) is 15.9. The monoisotopic (exact) mass is 417 g/mol. The molecule has 0 saturated heterocycles. The number of methoxy groups -OCH3 is 3. The van der Waals surface area contributed by atoms with Crippen molar-refractivity contribution >= 4 is 44.9 Å². The van der Waals surface area contributed by atoms with Crippen LogP contribution in [-0.4, -0.2) is 76.8 Å². The fourth-order valence-corrected chi connectivity index (χ4v) is 3.81.